The Hall–Kier alpha value is -1.03. The summed E-state index contributed by atoms with van der Waals surface area (Å²) >= 11 is 5.66. The summed E-state index contributed by atoms with van der Waals surface area (Å²) in [6.45, 7) is 2.43. The van der Waals surface area contributed by atoms with Crippen molar-refractivity contribution >= 4 is 17.4 Å². The fraction of sp³-hybridized carbons (Fsp3) is 0.300. The zero-order valence-corrected chi connectivity index (χ0v) is 8.83. The average Bonchev–Trinajstić information content (AvgIpc) is 2.00. The van der Waals surface area contributed by atoms with E-state index in [9.17, 15) is 18.0 Å². The number of benzene rings is 1. The summed E-state index contributed by atoms with van der Waals surface area (Å²) in [5, 5.41) is 0.0491. The van der Waals surface area contributed by atoms with Crippen molar-refractivity contribution in [1.29, 1.82) is 0 Å². The third-order valence-electron chi connectivity index (χ3n) is 2.07. The number of rotatable bonds is 1. The van der Waals surface area contributed by atoms with Crippen LogP contribution in [0, 0.1) is 6.92 Å². The van der Waals surface area contributed by atoms with Crippen LogP contribution in [0.4, 0.5) is 13.2 Å². The van der Waals surface area contributed by atoms with Gasteiger partial charge in [-0.1, -0.05) is 11.6 Å². The summed E-state index contributed by atoms with van der Waals surface area (Å²) in [6.07, 6.45) is -4.46. The molecule has 0 aliphatic heterocycles. The molecule has 0 radical (unpaired) electrons. The number of hydrogen-bond donors (Lipinski definition) is 0. The largest absolute Gasteiger partial charge is 0.416 e. The molecule has 0 bridgehead atoms. The molecular formula is C10H8ClF3O. The highest BCUT2D eigenvalue weighted by atomic mass is 35.5. The van der Waals surface area contributed by atoms with Crippen molar-refractivity contribution in [3.63, 3.8) is 0 Å². The van der Waals surface area contributed by atoms with Gasteiger partial charge in [-0.2, -0.15) is 13.2 Å². The fourth-order valence-electron chi connectivity index (χ4n) is 1.42. The quantitative estimate of drug-likeness (QED) is 0.677. The molecule has 82 valence electrons. The molecule has 0 N–H and O–H groups in total. The van der Waals surface area contributed by atoms with Gasteiger partial charge in [0.25, 0.3) is 0 Å². The summed E-state index contributed by atoms with van der Waals surface area (Å²) in [4.78, 5) is 11.1. The van der Waals surface area contributed by atoms with Crippen molar-refractivity contribution < 1.29 is 18.0 Å². The van der Waals surface area contributed by atoms with Gasteiger partial charge in [0.15, 0.2) is 5.78 Å². The normalized spacial score (nSPS) is 11.6. The molecule has 5 heteroatoms. The van der Waals surface area contributed by atoms with Gasteiger partial charge in [0.2, 0.25) is 0 Å². The van der Waals surface area contributed by atoms with Crippen LogP contribution in [0.5, 0.6) is 0 Å². The maximum absolute atomic E-state index is 12.5. The van der Waals surface area contributed by atoms with E-state index in [0.717, 1.165) is 12.1 Å². The molecular weight excluding hydrogens is 229 g/mol. The Balaban J connectivity index is 3.49. The minimum atomic E-state index is -4.46. The van der Waals surface area contributed by atoms with E-state index in [1.807, 2.05) is 0 Å². The number of carbonyl (C=O) groups is 1. The molecule has 1 nitrogen and oxygen atoms in total. The lowest BCUT2D eigenvalue weighted by atomic mass is 9.99. The van der Waals surface area contributed by atoms with Crippen molar-refractivity contribution in [2.45, 2.75) is 20.0 Å². The van der Waals surface area contributed by atoms with Crippen LogP contribution in [0.2, 0.25) is 5.02 Å². The second-order valence-electron chi connectivity index (χ2n) is 3.15. The van der Waals surface area contributed by atoms with Crippen molar-refractivity contribution in [2.75, 3.05) is 0 Å². The number of hydrogen-bond acceptors (Lipinski definition) is 1. The molecule has 15 heavy (non-hydrogen) atoms. The first kappa shape index (κ1) is 12.0. The summed E-state index contributed by atoms with van der Waals surface area (Å²) in [7, 11) is 0. The summed E-state index contributed by atoms with van der Waals surface area (Å²) in [5.74, 6) is -0.469. The highest BCUT2D eigenvalue weighted by molar-refractivity contribution is 6.34. The molecule has 1 rings (SSSR count). The molecule has 1 aromatic rings. The van der Waals surface area contributed by atoms with Crippen LogP contribution in [-0.2, 0) is 6.18 Å². The Kier molecular flexibility index (Phi) is 3.09. The van der Waals surface area contributed by atoms with Crippen LogP contribution in [-0.4, -0.2) is 5.78 Å². The molecule has 0 fully saturated rings. The van der Waals surface area contributed by atoms with Crippen molar-refractivity contribution in [3.05, 3.63) is 33.8 Å². The molecule has 0 atom stereocenters. The molecule has 0 unspecified atom stereocenters. The number of halogens is 4. The zero-order chi connectivity index (χ0) is 11.8. The summed E-state index contributed by atoms with van der Waals surface area (Å²) in [6, 6.07) is 1.97. The van der Waals surface area contributed by atoms with Gasteiger partial charge in [-0.05, 0) is 31.5 Å². The Morgan fingerprint density at radius 3 is 2.27 bits per heavy atom. The van der Waals surface area contributed by atoms with E-state index in [2.05, 4.69) is 0 Å². The van der Waals surface area contributed by atoms with Crippen molar-refractivity contribution in [2.24, 2.45) is 0 Å². The lowest BCUT2D eigenvalue weighted by molar-refractivity contribution is -0.138. The van der Waals surface area contributed by atoms with Gasteiger partial charge < -0.3 is 0 Å². The molecule has 0 spiro atoms. The van der Waals surface area contributed by atoms with Gasteiger partial charge in [-0.3, -0.25) is 4.79 Å². The van der Waals surface area contributed by atoms with E-state index in [-0.39, 0.29) is 16.1 Å². The second-order valence-corrected chi connectivity index (χ2v) is 3.56. The van der Waals surface area contributed by atoms with Gasteiger partial charge >= 0.3 is 6.18 Å². The van der Waals surface area contributed by atoms with Gasteiger partial charge in [0.1, 0.15) is 0 Å². The number of alkyl halides is 3. The van der Waals surface area contributed by atoms with Crippen LogP contribution < -0.4 is 0 Å². The fourth-order valence-corrected chi connectivity index (χ4v) is 1.76. The first-order valence-electron chi connectivity index (χ1n) is 4.12. The molecule has 0 amide bonds. The van der Waals surface area contributed by atoms with Crippen LogP contribution in [0.1, 0.15) is 28.4 Å². The number of carbonyl (C=O) groups excluding carboxylic acids is 1. The van der Waals surface area contributed by atoms with E-state index >= 15 is 0 Å². The molecule has 0 aromatic heterocycles. The van der Waals surface area contributed by atoms with E-state index in [0.29, 0.717) is 0 Å². The second kappa shape index (κ2) is 3.85. The monoisotopic (exact) mass is 236 g/mol. The topological polar surface area (TPSA) is 17.1 Å². The Labute approximate surface area is 89.9 Å². The predicted molar refractivity (Wildman–Crippen MR) is 51.2 cm³/mol. The highest BCUT2D eigenvalue weighted by Gasteiger charge is 2.33. The van der Waals surface area contributed by atoms with E-state index < -0.39 is 17.5 Å². The number of ketones is 1. The van der Waals surface area contributed by atoms with Crippen LogP contribution in [0.25, 0.3) is 0 Å². The third-order valence-corrected chi connectivity index (χ3v) is 2.39. The molecule has 0 heterocycles. The molecule has 0 aliphatic rings. The van der Waals surface area contributed by atoms with Crippen LogP contribution >= 0.6 is 11.6 Å². The van der Waals surface area contributed by atoms with E-state index in [1.54, 1.807) is 0 Å². The lowest BCUT2D eigenvalue weighted by Gasteiger charge is -2.13. The average molecular weight is 237 g/mol. The first-order chi connectivity index (χ1) is 6.75. The summed E-state index contributed by atoms with van der Waals surface area (Å²) in [5.41, 5.74) is -1.01. The Bertz CT molecular complexity index is 410. The van der Waals surface area contributed by atoms with E-state index in [4.69, 9.17) is 11.6 Å². The summed E-state index contributed by atoms with van der Waals surface area (Å²) < 4.78 is 37.4. The van der Waals surface area contributed by atoms with Crippen LogP contribution in [0.3, 0.4) is 0 Å². The highest BCUT2D eigenvalue weighted by Crippen LogP contribution is 2.35. The lowest BCUT2D eigenvalue weighted by Crippen LogP contribution is -2.11. The zero-order valence-electron chi connectivity index (χ0n) is 8.07. The Morgan fingerprint density at radius 2 is 1.87 bits per heavy atom. The van der Waals surface area contributed by atoms with Gasteiger partial charge in [-0.15, -0.1) is 0 Å². The molecule has 1 aromatic carbocycles. The molecule has 0 saturated carbocycles. The third kappa shape index (κ3) is 2.31. The van der Waals surface area contributed by atoms with Gasteiger partial charge in [0, 0.05) is 5.56 Å². The van der Waals surface area contributed by atoms with Crippen molar-refractivity contribution in [3.8, 4) is 0 Å². The van der Waals surface area contributed by atoms with Gasteiger partial charge in [-0.25, -0.2) is 0 Å². The van der Waals surface area contributed by atoms with Crippen molar-refractivity contribution in [1.82, 2.24) is 0 Å². The maximum atomic E-state index is 12.5. The Morgan fingerprint density at radius 1 is 1.33 bits per heavy atom. The number of Topliss-reactive ketones (excluding diaryl/α,β-unsaturated/α-hetero) is 1. The minimum absolute atomic E-state index is 0.0491. The smallest absolute Gasteiger partial charge is 0.294 e. The first-order valence-corrected chi connectivity index (χ1v) is 4.50. The van der Waals surface area contributed by atoms with Gasteiger partial charge in [0.05, 0.1) is 10.6 Å². The SMILES string of the molecule is CC(=O)c1c(Cl)ccc(C(F)(F)F)c1C. The maximum Gasteiger partial charge on any atom is 0.416 e. The van der Waals surface area contributed by atoms with Crippen LogP contribution in [0.15, 0.2) is 12.1 Å². The molecule has 0 saturated heterocycles. The molecule has 0 aliphatic carbocycles. The standard InChI is InChI=1S/C10H8ClF3O/c1-5-7(10(12,13)14)3-4-8(11)9(5)6(2)15/h3-4H,1-2H3. The minimum Gasteiger partial charge on any atom is -0.294 e. The van der Waals surface area contributed by atoms with E-state index in [1.165, 1.54) is 13.8 Å². The predicted octanol–water partition coefficient (Wildman–Crippen LogP) is 3.87.